The van der Waals surface area contributed by atoms with Crippen LogP contribution in [0.1, 0.15) is 22.9 Å². The van der Waals surface area contributed by atoms with Crippen LogP contribution >= 0.6 is 11.8 Å². The number of hydrogen-bond donors (Lipinski definition) is 0. The smallest absolute Gasteiger partial charge is 0.224 e. The van der Waals surface area contributed by atoms with Crippen molar-refractivity contribution in [2.24, 2.45) is 0 Å². The SMILES string of the molecule is COc1ccc(OC)c(C2SCCC(=O)N2Cc2ccccc2)c1. The Kier molecular flexibility index (Phi) is 5.30. The lowest BCUT2D eigenvalue weighted by atomic mass is 10.1. The molecule has 3 rings (SSSR count). The van der Waals surface area contributed by atoms with Crippen LogP contribution in [0.2, 0.25) is 0 Å². The first-order chi connectivity index (χ1) is 11.7. The topological polar surface area (TPSA) is 38.8 Å². The number of benzene rings is 2. The van der Waals surface area contributed by atoms with Gasteiger partial charge >= 0.3 is 0 Å². The number of thioether (sulfide) groups is 1. The van der Waals surface area contributed by atoms with Crippen molar-refractivity contribution < 1.29 is 14.3 Å². The normalized spacial score (nSPS) is 17.7. The molecule has 0 saturated carbocycles. The van der Waals surface area contributed by atoms with Crippen LogP contribution in [0, 0.1) is 0 Å². The molecule has 1 fully saturated rings. The van der Waals surface area contributed by atoms with Gasteiger partial charge in [0.1, 0.15) is 16.9 Å². The number of amides is 1. The maximum Gasteiger partial charge on any atom is 0.224 e. The van der Waals surface area contributed by atoms with E-state index in [1.54, 1.807) is 26.0 Å². The summed E-state index contributed by atoms with van der Waals surface area (Å²) >= 11 is 1.77. The molecule has 1 amide bonds. The molecule has 2 aromatic rings. The van der Waals surface area contributed by atoms with Gasteiger partial charge in [0.15, 0.2) is 0 Å². The monoisotopic (exact) mass is 343 g/mol. The Morgan fingerprint density at radius 1 is 1.12 bits per heavy atom. The minimum Gasteiger partial charge on any atom is -0.497 e. The summed E-state index contributed by atoms with van der Waals surface area (Å²) in [6, 6.07) is 15.8. The zero-order valence-corrected chi connectivity index (χ0v) is 14.7. The summed E-state index contributed by atoms with van der Waals surface area (Å²) in [6.45, 7) is 0.595. The van der Waals surface area contributed by atoms with E-state index in [2.05, 4.69) is 0 Å². The molecule has 0 aliphatic carbocycles. The van der Waals surface area contributed by atoms with Gasteiger partial charge < -0.3 is 14.4 Å². The van der Waals surface area contributed by atoms with E-state index in [-0.39, 0.29) is 11.3 Å². The van der Waals surface area contributed by atoms with E-state index in [0.29, 0.717) is 13.0 Å². The van der Waals surface area contributed by atoms with Gasteiger partial charge in [0.05, 0.1) is 14.2 Å². The fraction of sp³-hybridized carbons (Fsp3) is 0.316. The Balaban J connectivity index is 1.95. The molecule has 1 unspecified atom stereocenters. The van der Waals surface area contributed by atoms with Crippen LogP contribution < -0.4 is 9.47 Å². The Hall–Kier alpha value is -2.14. The van der Waals surface area contributed by atoms with Crippen LogP contribution in [0.3, 0.4) is 0 Å². The summed E-state index contributed by atoms with van der Waals surface area (Å²) in [5.41, 5.74) is 2.10. The molecular formula is C19H21NO3S. The van der Waals surface area contributed by atoms with Crippen molar-refractivity contribution in [1.82, 2.24) is 4.90 Å². The fourth-order valence-corrected chi connectivity index (χ4v) is 4.12. The molecule has 1 aliphatic heterocycles. The number of ether oxygens (including phenoxy) is 2. The van der Waals surface area contributed by atoms with Gasteiger partial charge in [0.25, 0.3) is 0 Å². The third kappa shape index (κ3) is 3.51. The number of carbonyl (C=O) groups is 1. The predicted octanol–water partition coefficient (Wildman–Crippen LogP) is 3.87. The molecule has 24 heavy (non-hydrogen) atoms. The van der Waals surface area contributed by atoms with Crippen LogP contribution in [0.25, 0.3) is 0 Å². The van der Waals surface area contributed by atoms with Gasteiger partial charge in [0.2, 0.25) is 5.91 Å². The van der Waals surface area contributed by atoms with Gasteiger partial charge in [-0.15, -0.1) is 11.8 Å². The van der Waals surface area contributed by atoms with E-state index in [1.165, 1.54) is 0 Å². The summed E-state index contributed by atoms with van der Waals surface area (Å²) in [5.74, 6) is 2.53. The van der Waals surface area contributed by atoms with E-state index >= 15 is 0 Å². The van der Waals surface area contributed by atoms with Crippen LogP contribution in [-0.4, -0.2) is 30.8 Å². The molecule has 1 saturated heterocycles. The van der Waals surface area contributed by atoms with Crippen LogP contribution in [0.5, 0.6) is 11.5 Å². The first-order valence-corrected chi connectivity index (χ1v) is 8.94. The minimum atomic E-state index is -0.0727. The quantitative estimate of drug-likeness (QED) is 0.826. The third-order valence-corrected chi connectivity index (χ3v) is 5.36. The lowest BCUT2D eigenvalue weighted by Crippen LogP contribution is -2.36. The summed E-state index contributed by atoms with van der Waals surface area (Å²) in [4.78, 5) is 14.5. The van der Waals surface area contributed by atoms with Crippen molar-refractivity contribution in [3.05, 3.63) is 59.7 Å². The van der Waals surface area contributed by atoms with E-state index in [1.807, 2.05) is 53.4 Å². The Labute approximate surface area is 146 Å². The highest BCUT2D eigenvalue weighted by atomic mass is 32.2. The summed E-state index contributed by atoms with van der Waals surface area (Å²) in [7, 11) is 3.30. The maximum absolute atomic E-state index is 12.6. The van der Waals surface area contributed by atoms with Gasteiger partial charge in [-0.2, -0.15) is 0 Å². The van der Waals surface area contributed by atoms with Crippen LogP contribution in [0.4, 0.5) is 0 Å². The van der Waals surface area contributed by atoms with Crippen molar-refractivity contribution in [1.29, 1.82) is 0 Å². The van der Waals surface area contributed by atoms with Crippen molar-refractivity contribution in [3.8, 4) is 11.5 Å². The molecule has 1 heterocycles. The molecular weight excluding hydrogens is 322 g/mol. The zero-order chi connectivity index (χ0) is 16.9. The predicted molar refractivity (Wildman–Crippen MR) is 96.4 cm³/mol. The fourth-order valence-electron chi connectivity index (χ4n) is 2.86. The average molecular weight is 343 g/mol. The number of methoxy groups -OCH3 is 2. The highest BCUT2D eigenvalue weighted by molar-refractivity contribution is 7.99. The van der Waals surface area contributed by atoms with E-state index in [9.17, 15) is 4.79 Å². The molecule has 5 heteroatoms. The molecule has 0 aromatic heterocycles. The Morgan fingerprint density at radius 3 is 2.62 bits per heavy atom. The van der Waals surface area contributed by atoms with E-state index in [0.717, 1.165) is 28.4 Å². The van der Waals surface area contributed by atoms with Gasteiger partial charge in [-0.25, -0.2) is 0 Å². The molecule has 0 N–H and O–H groups in total. The average Bonchev–Trinajstić information content (AvgIpc) is 2.63. The summed E-state index contributed by atoms with van der Waals surface area (Å²) in [6.07, 6.45) is 0.570. The third-order valence-electron chi connectivity index (χ3n) is 4.09. The maximum atomic E-state index is 12.6. The van der Waals surface area contributed by atoms with Gasteiger partial charge in [-0.3, -0.25) is 4.79 Å². The van der Waals surface area contributed by atoms with Gasteiger partial charge in [-0.1, -0.05) is 30.3 Å². The summed E-state index contributed by atoms with van der Waals surface area (Å²) in [5, 5.41) is -0.0727. The number of nitrogens with zero attached hydrogens (tertiary/aromatic N) is 1. The largest absolute Gasteiger partial charge is 0.497 e. The second-order valence-corrected chi connectivity index (χ2v) is 6.78. The second kappa shape index (κ2) is 7.62. The minimum absolute atomic E-state index is 0.0727. The Bertz CT molecular complexity index is 705. The molecule has 2 aromatic carbocycles. The van der Waals surface area contributed by atoms with Crippen molar-refractivity contribution in [2.45, 2.75) is 18.3 Å². The lowest BCUT2D eigenvalue weighted by molar-refractivity contribution is -0.132. The van der Waals surface area contributed by atoms with Crippen molar-refractivity contribution >= 4 is 17.7 Å². The summed E-state index contributed by atoms with van der Waals surface area (Å²) < 4.78 is 10.9. The highest BCUT2D eigenvalue weighted by Gasteiger charge is 2.32. The molecule has 126 valence electrons. The standard InChI is InChI=1S/C19H21NO3S/c1-22-15-8-9-17(23-2)16(12-15)19-20(18(21)10-11-24-19)13-14-6-4-3-5-7-14/h3-9,12,19H,10-11,13H2,1-2H3. The van der Waals surface area contributed by atoms with Crippen molar-refractivity contribution in [2.75, 3.05) is 20.0 Å². The second-order valence-electron chi connectivity index (χ2n) is 5.59. The van der Waals surface area contributed by atoms with Gasteiger partial charge in [-0.05, 0) is 23.8 Å². The highest BCUT2D eigenvalue weighted by Crippen LogP contribution is 2.43. The van der Waals surface area contributed by atoms with Crippen LogP contribution in [-0.2, 0) is 11.3 Å². The number of rotatable bonds is 5. The first-order valence-electron chi connectivity index (χ1n) is 7.90. The molecule has 0 radical (unpaired) electrons. The Morgan fingerprint density at radius 2 is 1.92 bits per heavy atom. The lowest BCUT2D eigenvalue weighted by Gasteiger charge is -2.36. The first kappa shape index (κ1) is 16.7. The zero-order valence-electron chi connectivity index (χ0n) is 13.9. The molecule has 1 atom stereocenters. The number of carbonyl (C=O) groups excluding carboxylic acids is 1. The molecule has 0 bridgehead atoms. The molecule has 1 aliphatic rings. The van der Waals surface area contributed by atoms with E-state index in [4.69, 9.17) is 9.47 Å². The van der Waals surface area contributed by atoms with E-state index < -0.39 is 0 Å². The molecule has 0 spiro atoms. The van der Waals surface area contributed by atoms with Crippen molar-refractivity contribution in [3.63, 3.8) is 0 Å². The molecule has 4 nitrogen and oxygen atoms in total. The van der Waals surface area contributed by atoms with Crippen LogP contribution in [0.15, 0.2) is 48.5 Å². The van der Waals surface area contributed by atoms with Gasteiger partial charge in [0, 0.05) is 24.3 Å². The number of hydrogen-bond acceptors (Lipinski definition) is 4.